The molecule has 0 radical (unpaired) electrons. The first kappa shape index (κ1) is 12.3. The third-order valence-corrected chi connectivity index (χ3v) is 5.34. The molecule has 2 nitrogen and oxygen atoms in total. The zero-order chi connectivity index (χ0) is 12.7. The van der Waals surface area contributed by atoms with Crippen LogP contribution in [0.3, 0.4) is 0 Å². The van der Waals surface area contributed by atoms with E-state index in [0.717, 1.165) is 29.2 Å². The Balaban J connectivity index is 1.73. The van der Waals surface area contributed by atoms with Crippen LogP contribution in [-0.4, -0.2) is 12.6 Å². The summed E-state index contributed by atoms with van der Waals surface area (Å²) in [4.78, 5) is 11.7. The van der Waals surface area contributed by atoms with Gasteiger partial charge in [-0.15, -0.1) is 0 Å². The van der Waals surface area contributed by atoms with E-state index in [0.29, 0.717) is 12.5 Å². The molecule has 0 spiro atoms. The molecule has 0 unspecified atom stereocenters. The Labute approximate surface area is 110 Å². The van der Waals surface area contributed by atoms with Crippen molar-refractivity contribution in [2.24, 2.45) is 29.6 Å². The van der Waals surface area contributed by atoms with E-state index in [1.54, 1.807) is 0 Å². The van der Waals surface area contributed by atoms with Gasteiger partial charge in [-0.05, 0) is 75.5 Å². The molecule has 0 aromatic rings. The smallest absolute Gasteiger partial charge is 0.333 e. The van der Waals surface area contributed by atoms with E-state index in [9.17, 15) is 4.79 Å². The molecule has 0 N–H and O–H groups in total. The summed E-state index contributed by atoms with van der Waals surface area (Å²) in [5.74, 6) is 4.24. The van der Waals surface area contributed by atoms with Crippen LogP contribution in [0.5, 0.6) is 0 Å². The van der Waals surface area contributed by atoms with Crippen LogP contribution in [0.15, 0.2) is 11.6 Å². The molecule has 0 saturated heterocycles. The largest absolute Gasteiger partial charge is 0.463 e. The van der Waals surface area contributed by atoms with Gasteiger partial charge < -0.3 is 4.74 Å². The molecule has 0 heterocycles. The lowest BCUT2D eigenvalue weighted by Crippen LogP contribution is -2.44. The van der Waals surface area contributed by atoms with E-state index < -0.39 is 0 Å². The van der Waals surface area contributed by atoms with Crippen molar-refractivity contribution in [2.45, 2.75) is 46.0 Å². The number of hydrogen-bond acceptors (Lipinski definition) is 2. The van der Waals surface area contributed by atoms with Crippen molar-refractivity contribution in [1.29, 1.82) is 0 Å². The summed E-state index contributed by atoms with van der Waals surface area (Å²) in [6, 6.07) is 0. The maximum absolute atomic E-state index is 11.7. The third kappa shape index (κ3) is 2.10. The van der Waals surface area contributed by atoms with Crippen LogP contribution < -0.4 is 0 Å². The fourth-order valence-corrected chi connectivity index (χ4v) is 4.84. The Hall–Kier alpha value is -0.790. The third-order valence-electron chi connectivity index (χ3n) is 5.34. The first-order chi connectivity index (χ1) is 8.67. The number of ether oxygens (including phenoxy) is 1. The molecule has 0 aliphatic heterocycles. The van der Waals surface area contributed by atoms with Crippen molar-refractivity contribution in [3.63, 3.8) is 0 Å². The maximum atomic E-state index is 11.7. The van der Waals surface area contributed by atoms with Gasteiger partial charge in [0.1, 0.15) is 0 Å². The van der Waals surface area contributed by atoms with Gasteiger partial charge in [-0.3, -0.25) is 0 Å². The fourth-order valence-electron chi connectivity index (χ4n) is 4.84. The molecule has 0 amide bonds. The molecule has 100 valence electrons. The number of carbonyl (C=O) groups excluding carboxylic acids is 1. The van der Waals surface area contributed by atoms with Gasteiger partial charge in [-0.2, -0.15) is 0 Å². The van der Waals surface area contributed by atoms with E-state index in [1.807, 2.05) is 13.8 Å². The monoisotopic (exact) mass is 248 g/mol. The van der Waals surface area contributed by atoms with Gasteiger partial charge in [0, 0.05) is 5.57 Å². The normalized spacial score (nSPS) is 42.1. The minimum atomic E-state index is -0.119. The first-order valence-corrected chi connectivity index (χ1v) is 7.53. The second-order valence-corrected chi connectivity index (χ2v) is 6.58. The van der Waals surface area contributed by atoms with Crippen LogP contribution in [0, 0.1) is 29.6 Å². The van der Waals surface area contributed by atoms with Crippen LogP contribution in [0.25, 0.3) is 0 Å². The zero-order valence-corrected chi connectivity index (χ0v) is 11.5. The lowest BCUT2D eigenvalue weighted by atomic mass is 9.52. The van der Waals surface area contributed by atoms with Gasteiger partial charge in [0.15, 0.2) is 0 Å². The average molecular weight is 248 g/mol. The molecular weight excluding hydrogens is 224 g/mol. The topological polar surface area (TPSA) is 26.3 Å². The van der Waals surface area contributed by atoms with Gasteiger partial charge in [0.25, 0.3) is 0 Å². The average Bonchev–Trinajstić information content (AvgIpc) is 2.33. The number of hydrogen-bond donors (Lipinski definition) is 0. The van der Waals surface area contributed by atoms with Crippen molar-refractivity contribution in [2.75, 3.05) is 6.61 Å². The number of esters is 1. The number of carbonyl (C=O) groups is 1. The summed E-state index contributed by atoms with van der Waals surface area (Å²) in [6.07, 6.45) is 9.36. The van der Waals surface area contributed by atoms with E-state index in [-0.39, 0.29) is 5.97 Å². The van der Waals surface area contributed by atoms with E-state index in [4.69, 9.17) is 4.74 Å². The molecule has 4 fully saturated rings. The van der Waals surface area contributed by atoms with Gasteiger partial charge >= 0.3 is 5.97 Å². The van der Waals surface area contributed by atoms with E-state index in [2.05, 4.69) is 6.08 Å². The van der Waals surface area contributed by atoms with Crippen LogP contribution >= 0.6 is 0 Å². The van der Waals surface area contributed by atoms with Gasteiger partial charge in [0.05, 0.1) is 6.61 Å². The number of rotatable bonds is 3. The molecule has 0 aromatic carbocycles. The summed E-state index contributed by atoms with van der Waals surface area (Å²) < 4.78 is 5.09. The molecule has 4 aliphatic carbocycles. The lowest BCUT2D eigenvalue weighted by molar-refractivity contribution is -0.138. The van der Waals surface area contributed by atoms with Crippen molar-refractivity contribution >= 4 is 5.97 Å². The molecular formula is C16H24O2. The lowest BCUT2D eigenvalue weighted by Gasteiger charge is -2.53. The highest BCUT2D eigenvalue weighted by Gasteiger charge is 2.47. The summed E-state index contributed by atoms with van der Waals surface area (Å²) in [7, 11) is 0. The highest BCUT2D eigenvalue weighted by Crippen LogP contribution is 2.57. The van der Waals surface area contributed by atoms with Crippen molar-refractivity contribution < 1.29 is 9.53 Å². The fraction of sp³-hybridized carbons (Fsp3) is 0.812. The standard InChI is InChI=1S/C16H24O2/c1-3-18-16(17)10(2)4-15-13-6-11-5-12(8-13)9-14(15)7-11/h4,11-15H,3,5-9H2,1-2H3. The highest BCUT2D eigenvalue weighted by molar-refractivity contribution is 5.87. The van der Waals surface area contributed by atoms with Crippen LogP contribution in [0.2, 0.25) is 0 Å². The van der Waals surface area contributed by atoms with Crippen molar-refractivity contribution in [3.05, 3.63) is 11.6 Å². The van der Waals surface area contributed by atoms with Gasteiger partial charge in [-0.1, -0.05) is 6.08 Å². The highest BCUT2D eigenvalue weighted by atomic mass is 16.5. The Morgan fingerprint density at radius 2 is 1.67 bits per heavy atom. The molecule has 4 saturated carbocycles. The van der Waals surface area contributed by atoms with E-state index in [1.165, 1.54) is 32.1 Å². The Kier molecular flexibility index (Phi) is 3.21. The maximum Gasteiger partial charge on any atom is 0.333 e. The second kappa shape index (κ2) is 4.71. The van der Waals surface area contributed by atoms with Gasteiger partial charge in [-0.25, -0.2) is 4.79 Å². The van der Waals surface area contributed by atoms with Crippen LogP contribution in [-0.2, 0) is 9.53 Å². The Morgan fingerprint density at radius 3 is 2.17 bits per heavy atom. The van der Waals surface area contributed by atoms with Gasteiger partial charge in [0.2, 0.25) is 0 Å². The Morgan fingerprint density at radius 1 is 1.11 bits per heavy atom. The molecule has 4 bridgehead atoms. The zero-order valence-electron chi connectivity index (χ0n) is 11.5. The number of allylic oxidation sites excluding steroid dienone is 1. The SMILES string of the molecule is CCOC(=O)C(C)=CC1C2CC3CC(C2)CC1C3. The Bertz CT molecular complexity index is 341. The minimum Gasteiger partial charge on any atom is -0.463 e. The molecule has 18 heavy (non-hydrogen) atoms. The molecule has 0 atom stereocenters. The van der Waals surface area contributed by atoms with Crippen molar-refractivity contribution in [3.8, 4) is 0 Å². The molecule has 2 heteroatoms. The minimum absolute atomic E-state index is 0.119. The predicted molar refractivity (Wildman–Crippen MR) is 70.9 cm³/mol. The summed E-state index contributed by atoms with van der Waals surface area (Å²) in [5, 5.41) is 0. The quantitative estimate of drug-likeness (QED) is 0.564. The second-order valence-electron chi connectivity index (χ2n) is 6.58. The summed E-state index contributed by atoms with van der Waals surface area (Å²) >= 11 is 0. The molecule has 4 rings (SSSR count). The predicted octanol–water partition coefficient (Wildman–Crippen LogP) is 3.57. The van der Waals surface area contributed by atoms with E-state index >= 15 is 0 Å². The van der Waals surface area contributed by atoms with Crippen LogP contribution in [0.1, 0.15) is 46.0 Å². The van der Waals surface area contributed by atoms with Crippen LogP contribution in [0.4, 0.5) is 0 Å². The summed E-state index contributed by atoms with van der Waals surface area (Å²) in [5.41, 5.74) is 0.828. The van der Waals surface area contributed by atoms with Crippen molar-refractivity contribution in [1.82, 2.24) is 0 Å². The summed E-state index contributed by atoms with van der Waals surface area (Å²) in [6.45, 7) is 4.27. The first-order valence-electron chi connectivity index (χ1n) is 7.53. The molecule has 0 aromatic heterocycles. The molecule has 4 aliphatic rings.